The number of ether oxygens (including phenoxy) is 2. The van der Waals surface area contributed by atoms with Crippen LogP contribution in [0.15, 0.2) is 24.3 Å². The first-order chi connectivity index (χ1) is 9.69. The van der Waals surface area contributed by atoms with Crippen molar-refractivity contribution in [1.29, 1.82) is 0 Å². The van der Waals surface area contributed by atoms with Crippen molar-refractivity contribution in [3.63, 3.8) is 0 Å². The van der Waals surface area contributed by atoms with Crippen molar-refractivity contribution in [1.82, 2.24) is 5.32 Å². The highest BCUT2D eigenvalue weighted by Crippen LogP contribution is 2.15. The molecule has 0 saturated carbocycles. The Labute approximate surface area is 118 Å². The van der Waals surface area contributed by atoms with Crippen molar-refractivity contribution in [2.24, 2.45) is 0 Å². The van der Waals surface area contributed by atoms with Crippen molar-refractivity contribution in [2.45, 2.75) is 31.9 Å². The molecule has 0 spiro atoms. The fraction of sp³-hybridized carbons (Fsp3) is 0.467. The van der Waals surface area contributed by atoms with Crippen molar-refractivity contribution in [3.05, 3.63) is 35.4 Å². The molecule has 0 unspecified atom stereocenters. The van der Waals surface area contributed by atoms with Crippen molar-refractivity contribution < 1.29 is 19.1 Å². The summed E-state index contributed by atoms with van der Waals surface area (Å²) in [5.74, 6) is -0.368. The largest absolute Gasteiger partial charge is 0.465 e. The Kier molecular flexibility index (Phi) is 5.12. The third kappa shape index (κ3) is 4.06. The predicted octanol–water partition coefficient (Wildman–Crippen LogP) is 1.66. The van der Waals surface area contributed by atoms with E-state index in [0.717, 1.165) is 25.0 Å². The molecule has 1 N–H and O–H groups in total. The summed E-state index contributed by atoms with van der Waals surface area (Å²) in [7, 11) is 1.35. The summed E-state index contributed by atoms with van der Waals surface area (Å²) in [4.78, 5) is 23.0. The number of carbonyl (C=O) groups is 2. The Balaban J connectivity index is 1.78. The summed E-state index contributed by atoms with van der Waals surface area (Å²) >= 11 is 0. The SMILES string of the molecule is COC(=O)c1ccc(CNC(=O)C[C@H]2CCCO2)cc1. The van der Waals surface area contributed by atoms with Crippen molar-refractivity contribution >= 4 is 11.9 Å². The molecule has 5 nitrogen and oxygen atoms in total. The highest BCUT2D eigenvalue weighted by Gasteiger charge is 2.18. The first-order valence-electron chi connectivity index (χ1n) is 6.74. The number of amides is 1. The van der Waals surface area contributed by atoms with E-state index in [0.29, 0.717) is 18.5 Å². The van der Waals surface area contributed by atoms with Gasteiger partial charge in [0.15, 0.2) is 0 Å². The van der Waals surface area contributed by atoms with E-state index in [2.05, 4.69) is 10.1 Å². The maximum atomic E-state index is 11.7. The first kappa shape index (κ1) is 14.5. The molecule has 2 rings (SSSR count). The molecule has 0 radical (unpaired) electrons. The Hall–Kier alpha value is -1.88. The maximum Gasteiger partial charge on any atom is 0.337 e. The number of carbonyl (C=O) groups excluding carboxylic acids is 2. The van der Waals surface area contributed by atoms with Crippen molar-refractivity contribution in [2.75, 3.05) is 13.7 Å². The molecular formula is C15H19NO4. The summed E-state index contributed by atoms with van der Waals surface area (Å²) in [5.41, 5.74) is 1.44. The topological polar surface area (TPSA) is 64.6 Å². The number of nitrogens with one attached hydrogen (secondary N) is 1. The fourth-order valence-corrected chi connectivity index (χ4v) is 2.16. The van der Waals surface area contributed by atoms with Gasteiger partial charge in [0.2, 0.25) is 5.91 Å². The van der Waals surface area contributed by atoms with Gasteiger partial charge in [-0.1, -0.05) is 12.1 Å². The third-order valence-corrected chi connectivity index (χ3v) is 3.30. The van der Waals surface area contributed by atoms with E-state index in [1.807, 2.05) is 0 Å². The summed E-state index contributed by atoms with van der Waals surface area (Å²) in [6.07, 6.45) is 2.48. The average Bonchev–Trinajstić information content (AvgIpc) is 2.97. The Morgan fingerprint density at radius 1 is 1.35 bits per heavy atom. The molecule has 1 atom stereocenters. The van der Waals surface area contributed by atoms with Gasteiger partial charge in [-0.3, -0.25) is 4.79 Å². The normalized spacial score (nSPS) is 17.8. The molecular weight excluding hydrogens is 258 g/mol. The van der Waals surface area contributed by atoms with E-state index >= 15 is 0 Å². The van der Waals surface area contributed by atoms with Crippen LogP contribution in [-0.2, 0) is 20.8 Å². The minimum Gasteiger partial charge on any atom is -0.465 e. The van der Waals surface area contributed by atoms with Gasteiger partial charge in [0, 0.05) is 13.2 Å². The Bertz CT molecular complexity index is 463. The van der Waals surface area contributed by atoms with E-state index in [1.54, 1.807) is 24.3 Å². The standard InChI is InChI=1S/C15H19NO4/c1-19-15(18)12-6-4-11(5-7-12)10-16-14(17)9-13-3-2-8-20-13/h4-7,13H,2-3,8-10H2,1H3,(H,16,17)/t13-/m1/s1. The van der Waals surface area contributed by atoms with Crippen LogP contribution >= 0.6 is 0 Å². The molecule has 1 fully saturated rings. The minimum absolute atomic E-state index is 0.00561. The molecule has 20 heavy (non-hydrogen) atoms. The van der Waals surface area contributed by atoms with Gasteiger partial charge in [0.1, 0.15) is 0 Å². The molecule has 1 amide bonds. The summed E-state index contributed by atoms with van der Waals surface area (Å²) in [6.45, 7) is 1.21. The molecule has 1 saturated heterocycles. The zero-order chi connectivity index (χ0) is 14.4. The lowest BCUT2D eigenvalue weighted by Crippen LogP contribution is -2.26. The van der Waals surface area contributed by atoms with Crippen LogP contribution in [-0.4, -0.2) is 31.7 Å². The van der Waals surface area contributed by atoms with E-state index < -0.39 is 0 Å². The Morgan fingerprint density at radius 2 is 2.10 bits per heavy atom. The van der Waals surface area contributed by atoms with Crippen LogP contribution in [0.3, 0.4) is 0 Å². The second kappa shape index (κ2) is 7.05. The molecule has 1 aliphatic rings. The van der Waals surface area contributed by atoms with Gasteiger partial charge in [-0.15, -0.1) is 0 Å². The summed E-state index contributed by atoms with van der Waals surface area (Å²) in [6, 6.07) is 6.98. The third-order valence-electron chi connectivity index (χ3n) is 3.30. The zero-order valence-electron chi connectivity index (χ0n) is 11.6. The maximum absolute atomic E-state index is 11.7. The predicted molar refractivity (Wildman–Crippen MR) is 73.2 cm³/mol. The lowest BCUT2D eigenvalue weighted by Gasteiger charge is -2.10. The lowest BCUT2D eigenvalue weighted by atomic mass is 10.1. The molecule has 1 aliphatic heterocycles. The molecule has 0 aromatic heterocycles. The average molecular weight is 277 g/mol. The van der Waals surface area contributed by atoms with Crippen LogP contribution in [0.5, 0.6) is 0 Å². The number of rotatable bonds is 5. The van der Waals surface area contributed by atoms with Gasteiger partial charge < -0.3 is 14.8 Å². The molecule has 0 aliphatic carbocycles. The highest BCUT2D eigenvalue weighted by atomic mass is 16.5. The lowest BCUT2D eigenvalue weighted by molar-refractivity contribution is -0.123. The highest BCUT2D eigenvalue weighted by molar-refractivity contribution is 5.89. The van der Waals surface area contributed by atoms with E-state index in [4.69, 9.17) is 4.74 Å². The molecule has 1 aromatic carbocycles. The van der Waals surface area contributed by atoms with Gasteiger partial charge in [0.05, 0.1) is 25.2 Å². The van der Waals surface area contributed by atoms with Gasteiger partial charge in [0.25, 0.3) is 0 Å². The van der Waals surface area contributed by atoms with Crippen LogP contribution in [0.4, 0.5) is 0 Å². The summed E-state index contributed by atoms with van der Waals surface area (Å²) < 4.78 is 10.0. The first-order valence-corrected chi connectivity index (χ1v) is 6.74. The minimum atomic E-state index is -0.362. The molecule has 1 aromatic rings. The quantitative estimate of drug-likeness (QED) is 0.831. The van der Waals surface area contributed by atoms with Crippen LogP contribution < -0.4 is 5.32 Å². The summed E-state index contributed by atoms with van der Waals surface area (Å²) in [5, 5.41) is 2.85. The van der Waals surface area contributed by atoms with E-state index in [9.17, 15) is 9.59 Å². The fourth-order valence-electron chi connectivity index (χ4n) is 2.16. The molecule has 0 bridgehead atoms. The number of benzene rings is 1. The number of esters is 1. The van der Waals surface area contributed by atoms with Crippen LogP contribution in [0.1, 0.15) is 35.2 Å². The van der Waals surface area contributed by atoms with Gasteiger partial charge >= 0.3 is 5.97 Å². The van der Waals surface area contributed by atoms with Crippen LogP contribution in [0.2, 0.25) is 0 Å². The number of hydrogen-bond acceptors (Lipinski definition) is 4. The van der Waals surface area contributed by atoms with Gasteiger partial charge in [-0.25, -0.2) is 4.79 Å². The van der Waals surface area contributed by atoms with Gasteiger partial charge in [-0.05, 0) is 30.5 Å². The zero-order valence-corrected chi connectivity index (χ0v) is 11.6. The van der Waals surface area contributed by atoms with Crippen LogP contribution in [0, 0.1) is 0 Å². The molecule has 5 heteroatoms. The Morgan fingerprint density at radius 3 is 2.70 bits per heavy atom. The molecule has 1 heterocycles. The second-order valence-corrected chi connectivity index (χ2v) is 4.80. The van der Waals surface area contributed by atoms with E-state index in [1.165, 1.54) is 7.11 Å². The van der Waals surface area contributed by atoms with Crippen LogP contribution in [0.25, 0.3) is 0 Å². The van der Waals surface area contributed by atoms with Gasteiger partial charge in [-0.2, -0.15) is 0 Å². The molecule has 108 valence electrons. The van der Waals surface area contributed by atoms with Crippen molar-refractivity contribution in [3.8, 4) is 0 Å². The smallest absolute Gasteiger partial charge is 0.337 e. The number of methoxy groups -OCH3 is 1. The second-order valence-electron chi connectivity index (χ2n) is 4.80. The number of hydrogen-bond donors (Lipinski definition) is 1. The van der Waals surface area contributed by atoms with E-state index in [-0.39, 0.29) is 18.0 Å². The monoisotopic (exact) mass is 277 g/mol.